The van der Waals surface area contributed by atoms with Gasteiger partial charge in [0, 0.05) is 38.8 Å². The van der Waals surface area contributed by atoms with Crippen LogP contribution in [0, 0.1) is 25.5 Å². The number of hydrogen-bond acceptors (Lipinski definition) is 5. The van der Waals surface area contributed by atoms with Crippen LogP contribution < -0.4 is 4.90 Å². The summed E-state index contributed by atoms with van der Waals surface area (Å²) in [6.07, 6.45) is 0. The Morgan fingerprint density at radius 3 is 2.25 bits per heavy atom. The number of carbonyl (C=O) groups is 2. The average Bonchev–Trinajstić information content (AvgIpc) is 3.01. The highest BCUT2D eigenvalue weighted by Crippen LogP contribution is 2.37. The van der Waals surface area contributed by atoms with Crippen LogP contribution in [0.3, 0.4) is 0 Å². The lowest BCUT2D eigenvalue weighted by atomic mass is 9.97. The van der Waals surface area contributed by atoms with E-state index in [0.29, 0.717) is 38.3 Å². The first kappa shape index (κ1) is 22.1. The number of aliphatic hydroxyl groups is 1. The van der Waals surface area contributed by atoms with Crippen LogP contribution >= 0.6 is 0 Å². The molecule has 2 amide bonds. The molecule has 0 radical (unpaired) electrons. The van der Waals surface area contributed by atoms with Crippen molar-refractivity contribution in [2.75, 3.05) is 44.2 Å². The molecular formula is C24H25F2N3O3. The van der Waals surface area contributed by atoms with Crippen LogP contribution in [0.15, 0.2) is 42.1 Å². The number of halogens is 2. The predicted octanol–water partition coefficient (Wildman–Crippen LogP) is 2.48. The zero-order valence-corrected chi connectivity index (χ0v) is 18.1. The van der Waals surface area contributed by atoms with Crippen LogP contribution in [0.1, 0.15) is 16.7 Å². The number of nitrogens with zero attached hydrogens (tertiary/aromatic N) is 3. The zero-order chi connectivity index (χ0) is 23.0. The van der Waals surface area contributed by atoms with Crippen LogP contribution in [0.25, 0.3) is 5.57 Å². The number of aliphatic hydroxyl groups excluding tert-OH is 1. The Morgan fingerprint density at radius 2 is 1.62 bits per heavy atom. The van der Waals surface area contributed by atoms with E-state index in [9.17, 15) is 23.5 Å². The van der Waals surface area contributed by atoms with Gasteiger partial charge in [-0.05, 0) is 37.1 Å². The van der Waals surface area contributed by atoms with Gasteiger partial charge in [0.1, 0.15) is 5.70 Å². The molecule has 0 aliphatic carbocycles. The molecule has 168 valence electrons. The summed E-state index contributed by atoms with van der Waals surface area (Å²) < 4.78 is 27.4. The number of anilines is 1. The highest BCUT2D eigenvalue weighted by Gasteiger charge is 2.43. The molecule has 2 aliphatic rings. The monoisotopic (exact) mass is 441 g/mol. The van der Waals surface area contributed by atoms with Gasteiger partial charge in [0.05, 0.1) is 17.9 Å². The van der Waals surface area contributed by atoms with E-state index in [0.717, 1.165) is 28.2 Å². The second-order valence-electron chi connectivity index (χ2n) is 8.14. The van der Waals surface area contributed by atoms with E-state index in [1.807, 2.05) is 36.9 Å². The Bertz CT molecular complexity index is 1110. The number of β-amino-alcohol motifs (C(OH)–C–C–N with tert-alkyl or cyclic N) is 1. The minimum atomic E-state index is -1.12. The maximum atomic E-state index is 13.9. The van der Waals surface area contributed by atoms with Gasteiger partial charge in [0.25, 0.3) is 11.8 Å². The van der Waals surface area contributed by atoms with Gasteiger partial charge in [-0.1, -0.05) is 23.8 Å². The highest BCUT2D eigenvalue weighted by molar-refractivity contribution is 6.45. The van der Waals surface area contributed by atoms with Crippen molar-refractivity contribution in [3.63, 3.8) is 0 Å². The summed E-state index contributed by atoms with van der Waals surface area (Å²) in [4.78, 5) is 31.9. The van der Waals surface area contributed by atoms with Crippen molar-refractivity contribution in [2.24, 2.45) is 0 Å². The fourth-order valence-corrected chi connectivity index (χ4v) is 4.34. The molecule has 0 aromatic heterocycles. The number of piperazine rings is 1. The highest BCUT2D eigenvalue weighted by atomic mass is 19.2. The minimum absolute atomic E-state index is 0.00455. The third kappa shape index (κ3) is 3.91. The van der Waals surface area contributed by atoms with E-state index in [-0.39, 0.29) is 23.6 Å². The van der Waals surface area contributed by atoms with E-state index in [1.54, 1.807) is 0 Å². The number of hydrogen-bond donors (Lipinski definition) is 1. The Morgan fingerprint density at radius 1 is 0.906 bits per heavy atom. The second kappa shape index (κ2) is 8.80. The molecule has 1 N–H and O–H groups in total. The van der Waals surface area contributed by atoms with Gasteiger partial charge >= 0.3 is 0 Å². The Kier molecular flexibility index (Phi) is 6.08. The minimum Gasteiger partial charge on any atom is -0.395 e. The maximum absolute atomic E-state index is 13.9. The smallest absolute Gasteiger partial charge is 0.282 e. The van der Waals surface area contributed by atoms with Crippen molar-refractivity contribution in [1.29, 1.82) is 0 Å². The molecule has 2 aliphatic heterocycles. The van der Waals surface area contributed by atoms with Crippen molar-refractivity contribution < 1.29 is 23.5 Å². The van der Waals surface area contributed by atoms with Gasteiger partial charge in [-0.2, -0.15) is 0 Å². The third-order valence-electron chi connectivity index (χ3n) is 5.98. The number of amides is 2. The number of aryl methyl sites for hydroxylation is 2. The first-order chi connectivity index (χ1) is 15.3. The second-order valence-corrected chi connectivity index (χ2v) is 8.14. The lowest BCUT2D eigenvalue weighted by Gasteiger charge is -2.36. The van der Waals surface area contributed by atoms with Crippen LogP contribution in [0.4, 0.5) is 14.5 Å². The predicted molar refractivity (Wildman–Crippen MR) is 117 cm³/mol. The largest absolute Gasteiger partial charge is 0.395 e. The summed E-state index contributed by atoms with van der Waals surface area (Å²) in [5.41, 5.74) is 3.06. The fraction of sp³-hybridized carbons (Fsp3) is 0.333. The van der Waals surface area contributed by atoms with Crippen molar-refractivity contribution in [3.05, 3.63) is 70.4 Å². The van der Waals surface area contributed by atoms with Crippen molar-refractivity contribution >= 4 is 23.1 Å². The average molecular weight is 441 g/mol. The summed E-state index contributed by atoms with van der Waals surface area (Å²) in [6.45, 7) is 6.71. The maximum Gasteiger partial charge on any atom is 0.282 e. The molecule has 32 heavy (non-hydrogen) atoms. The van der Waals surface area contributed by atoms with E-state index in [1.165, 1.54) is 6.07 Å². The van der Waals surface area contributed by atoms with Gasteiger partial charge in [-0.3, -0.25) is 14.5 Å². The molecule has 4 rings (SSSR count). The molecule has 0 bridgehead atoms. The molecular weight excluding hydrogens is 416 g/mol. The van der Waals surface area contributed by atoms with Crippen LogP contribution in [0.2, 0.25) is 0 Å². The molecule has 0 unspecified atom stereocenters. The van der Waals surface area contributed by atoms with Gasteiger partial charge in [-0.25, -0.2) is 13.7 Å². The standard InChI is InChI=1S/C24H25F2N3O3/c1-15-3-5-18(16(2)13-15)21-22(28-9-7-27(8-10-28)11-12-30)24(32)29(23(21)31)17-4-6-19(25)20(26)14-17/h3-6,13-14,30H,7-12H2,1-2H3. The van der Waals surface area contributed by atoms with E-state index < -0.39 is 23.4 Å². The Hall–Kier alpha value is -3.10. The molecule has 0 saturated carbocycles. The lowest BCUT2D eigenvalue weighted by molar-refractivity contribution is -0.120. The fourth-order valence-electron chi connectivity index (χ4n) is 4.34. The quantitative estimate of drug-likeness (QED) is 0.723. The molecule has 2 aromatic carbocycles. The van der Waals surface area contributed by atoms with Gasteiger partial charge in [-0.15, -0.1) is 0 Å². The first-order valence-corrected chi connectivity index (χ1v) is 10.6. The van der Waals surface area contributed by atoms with Gasteiger partial charge in [0.15, 0.2) is 11.6 Å². The number of rotatable bonds is 5. The summed E-state index contributed by atoms with van der Waals surface area (Å²) in [5.74, 6) is -3.27. The number of carbonyl (C=O) groups excluding carboxylic acids is 2. The van der Waals surface area contributed by atoms with Crippen molar-refractivity contribution in [2.45, 2.75) is 13.8 Å². The topological polar surface area (TPSA) is 64.1 Å². The normalized spacial score (nSPS) is 17.7. The summed E-state index contributed by atoms with van der Waals surface area (Å²) in [5, 5.41) is 9.19. The summed E-state index contributed by atoms with van der Waals surface area (Å²) in [7, 11) is 0. The zero-order valence-electron chi connectivity index (χ0n) is 18.1. The third-order valence-corrected chi connectivity index (χ3v) is 5.98. The molecule has 8 heteroatoms. The summed E-state index contributed by atoms with van der Waals surface area (Å²) >= 11 is 0. The van der Waals surface area contributed by atoms with Crippen LogP contribution in [-0.2, 0) is 9.59 Å². The molecule has 2 aromatic rings. The van der Waals surface area contributed by atoms with E-state index in [2.05, 4.69) is 4.90 Å². The van der Waals surface area contributed by atoms with Crippen molar-refractivity contribution in [1.82, 2.24) is 9.80 Å². The number of imide groups is 1. The van der Waals surface area contributed by atoms with E-state index >= 15 is 0 Å². The van der Waals surface area contributed by atoms with Crippen LogP contribution in [-0.4, -0.2) is 66.1 Å². The van der Waals surface area contributed by atoms with Crippen molar-refractivity contribution in [3.8, 4) is 0 Å². The van der Waals surface area contributed by atoms with Gasteiger partial charge in [0.2, 0.25) is 0 Å². The molecule has 1 fully saturated rings. The Balaban J connectivity index is 1.78. The summed E-state index contributed by atoms with van der Waals surface area (Å²) in [6, 6.07) is 8.65. The number of benzene rings is 2. The first-order valence-electron chi connectivity index (χ1n) is 10.6. The molecule has 0 spiro atoms. The van der Waals surface area contributed by atoms with Gasteiger partial charge < -0.3 is 10.0 Å². The SMILES string of the molecule is Cc1ccc(C2=C(N3CCN(CCO)CC3)C(=O)N(c3ccc(F)c(F)c3)C2=O)c(C)c1. The van der Waals surface area contributed by atoms with E-state index in [4.69, 9.17) is 0 Å². The molecule has 6 nitrogen and oxygen atoms in total. The Labute approximate surface area is 185 Å². The molecule has 0 atom stereocenters. The van der Waals surface area contributed by atoms with Crippen LogP contribution in [0.5, 0.6) is 0 Å². The molecule has 1 saturated heterocycles. The molecule has 2 heterocycles. The lowest BCUT2D eigenvalue weighted by Crippen LogP contribution is -2.48.